The van der Waals surface area contributed by atoms with E-state index in [2.05, 4.69) is 43.3 Å². The van der Waals surface area contributed by atoms with Crippen LogP contribution in [-0.2, 0) is 6.42 Å². The van der Waals surface area contributed by atoms with Crippen LogP contribution in [0.4, 0.5) is 0 Å². The zero-order valence-corrected chi connectivity index (χ0v) is 10.4. The molecule has 0 atom stereocenters. The zero-order chi connectivity index (χ0) is 12.1. The number of rotatable bonds is 4. The average molecular weight is 226 g/mol. The van der Waals surface area contributed by atoms with Crippen molar-refractivity contribution in [2.45, 2.75) is 19.8 Å². The first kappa shape index (κ1) is 11.7. The molecule has 0 saturated carbocycles. The predicted molar refractivity (Wildman–Crippen MR) is 72.4 cm³/mol. The van der Waals surface area contributed by atoms with E-state index in [1.807, 2.05) is 12.1 Å². The van der Waals surface area contributed by atoms with Gasteiger partial charge in [0.15, 0.2) is 0 Å². The van der Waals surface area contributed by atoms with Gasteiger partial charge < -0.3 is 4.74 Å². The van der Waals surface area contributed by atoms with Crippen molar-refractivity contribution in [3.63, 3.8) is 0 Å². The molecule has 1 nitrogen and oxygen atoms in total. The fourth-order valence-corrected chi connectivity index (χ4v) is 1.96. The van der Waals surface area contributed by atoms with Crippen molar-refractivity contribution < 1.29 is 4.74 Å². The number of methoxy groups -OCH3 is 1. The SMILES string of the molecule is CCCc1ccc(-c2cccc(OC)c2)cc1. The molecular weight excluding hydrogens is 208 g/mol. The van der Waals surface area contributed by atoms with E-state index in [1.54, 1.807) is 7.11 Å². The Balaban J connectivity index is 2.26. The molecule has 0 unspecified atom stereocenters. The highest BCUT2D eigenvalue weighted by atomic mass is 16.5. The lowest BCUT2D eigenvalue weighted by molar-refractivity contribution is 0.415. The van der Waals surface area contributed by atoms with Crippen LogP contribution in [0.1, 0.15) is 18.9 Å². The minimum Gasteiger partial charge on any atom is -0.497 e. The first-order valence-electron chi connectivity index (χ1n) is 6.07. The number of hydrogen-bond donors (Lipinski definition) is 0. The van der Waals surface area contributed by atoms with Gasteiger partial charge in [0.25, 0.3) is 0 Å². The molecule has 0 aliphatic carbocycles. The van der Waals surface area contributed by atoms with E-state index in [4.69, 9.17) is 4.74 Å². The summed E-state index contributed by atoms with van der Waals surface area (Å²) < 4.78 is 5.24. The lowest BCUT2D eigenvalue weighted by Crippen LogP contribution is -1.85. The van der Waals surface area contributed by atoms with Gasteiger partial charge in [0.2, 0.25) is 0 Å². The normalized spacial score (nSPS) is 10.2. The first-order chi connectivity index (χ1) is 8.33. The maximum atomic E-state index is 5.24. The Hall–Kier alpha value is -1.76. The predicted octanol–water partition coefficient (Wildman–Crippen LogP) is 4.31. The van der Waals surface area contributed by atoms with E-state index in [9.17, 15) is 0 Å². The summed E-state index contributed by atoms with van der Waals surface area (Å²) >= 11 is 0. The monoisotopic (exact) mass is 226 g/mol. The molecule has 0 radical (unpaired) electrons. The van der Waals surface area contributed by atoms with Crippen molar-refractivity contribution >= 4 is 0 Å². The highest BCUT2D eigenvalue weighted by molar-refractivity contribution is 5.65. The fourth-order valence-electron chi connectivity index (χ4n) is 1.96. The molecule has 0 saturated heterocycles. The van der Waals surface area contributed by atoms with Gasteiger partial charge in [-0.1, -0.05) is 49.7 Å². The Morgan fingerprint density at radius 2 is 1.71 bits per heavy atom. The zero-order valence-electron chi connectivity index (χ0n) is 10.4. The average Bonchev–Trinajstić information content (AvgIpc) is 2.40. The summed E-state index contributed by atoms with van der Waals surface area (Å²) in [5, 5.41) is 0. The largest absolute Gasteiger partial charge is 0.497 e. The molecule has 0 aliphatic rings. The van der Waals surface area contributed by atoms with Crippen molar-refractivity contribution in [1.29, 1.82) is 0 Å². The molecule has 0 bridgehead atoms. The van der Waals surface area contributed by atoms with E-state index < -0.39 is 0 Å². The molecule has 2 aromatic rings. The van der Waals surface area contributed by atoms with Gasteiger partial charge in [-0.15, -0.1) is 0 Å². The van der Waals surface area contributed by atoms with E-state index in [0.717, 1.165) is 12.2 Å². The third kappa shape index (κ3) is 2.88. The maximum absolute atomic E-state index is 5.24. The highest BCUT2D eigenvalue weighted by Crippen LogP contribution is 2.24. The number of aryl methyl sites for hydroxylation is 1. The Morgan fingerprint density at radius 3 is 2.35 bits per heavy atom. The lowest BCUT2D eigenvalue weighted by Gasteiger charge is -2.06. The van der Waals surface area contributed by atoms with Crippen LogP contribution in [0.2, 0.25) is 0 Å². The fraction of sp³-hybridized carbons (Fsp3) is 0.250. The van der Waals surface area contributed by atoms with Gasteiger partial charge in [-0.3, -0.25) is 0 Å². The molecule has 88 valence electrons. The minimum absolute atomic E-state index is 0.903. The van der Waals surface area contributed by atoms with Crippen LogP contribution < -0.4 is 4.74 Å². The molecule has 0 amide bonds. The minimum atomic E-state index is 0.903. The first-order valence-corrected chi connectivity index (χ1v) is 6.07. The molecule has 0 heterocycles. The van der Waals surface area contributed by atoms with Crippen LogP contribution >= 0.6 is 0 Å². The summed E-state index contributed by atoms with van der Waals surface area (Å²) in [6.45, 7) is 2.20. The van der Waals surface area contributed by atoms with Gasteiger partial charge in [-0.2, -0.15) is 0 Å². The lowest BCUT2D eigenvalue weighted by atomic mass is 10.0. The summed E-state index contributed by atoms with van der Waals surface area (Å²) in [5.74, 6) is 0.903. The number of benzene rings is 2. The molecule has 2 aromatic carbocycles. The maximum Gasteiger partial charge on any atom is 0.119 e. The summed E-state index contributed by atoms with van der Waals surface area (Å²) in [4.78, 5) is 0. The van der Waals surface area contributed by atoms with Crippen molar-refractivity contribution in [3.8, 4) is 16.9 Å². The highest BCUT2D eigenvalue weighted by Gasteiger charge is 1.99. The standard InChI is InChI=1S/C16H18O/c1-3-5-13-8-10-14(11-9-13)15-6-4-7-16(12-15)17-2/h4,6-12H,3,5H2,1-2H3. The second kappa shape index (κ2) is 5.53. The summed E-state index contributed by atoms with van der Waals surface area (Å²) in [6.07, 6.45) is 2.34. The van der Waals surface area contributed by atoms with Gasteiger partial charge in [-0.25, -0.2) is 0 Å². The number of ether oxygens (including phenoxy) is 1. The molecular formula is C16H18O. The van der Waals surface area contributed by atoms with Crippen LogP contribution in [0, 0.1) is 0 Å². The van der Waals surface area contributed by atoms with Crippen molar-refractivity contribution in [2.24, 2.45) is 0 Å². The second-order valence-corrected chi connectivity index (χ2v) is 4.18. The van der Waals surface area contributed by atoms with E-state index >= 15 is 0 Å². The molecule has 2 rings (SSSR count). The van der Waals surface area contributed by atoms with Gasteiger partial charge in [0.1, 0.15) is 5.75 Å². The number of hydrogen-bond acceptors (Lipinski definition) is 1. The molecule has 0 aliphatic heterocycles. The molecule has 0 spiro atoms. The van der Waals surface area contributed by atoms with Crippen LogP contribution in [0.3, 0.4) is 0 Å². The summed E-state index contributed by atoms with van der Waals surface area (Å²) in [5.41, 5.74) is 3.84. The molecule has 0 aromatic heterocycles. The molecule has 17 heavy (non-hydrogen) atoms. The Labute approximate surface area is 103 Å². The van der Waals surface area contributed by atoms with Gasteiger partial charge in [0.05, 0.1) is 7.11 Å². The quantitative estimate of drug-likeness (QED) is 0.754. The van der Waals surface area contributed by atoms with Gasteiger partial charge in [-0.05, 0) is 35.2 Å². The smallest absolute Gasteiger partial charge is 0.119 e. The third-order valence-corrected chi connectivity index (χ3v) is 2.90. The topological polar surface area (TPSA) is 9.23 Å². The Bertz CT molecular complexity index is 471. The van der Waals surface area contributed by atoms with Crippen molar-refractivity contribution in [2.75, 3.05) is 7.11 Å². The van der Waals surface area contributed by atoms with E-state index in [1.165, 1.54) is 23.1 Å². The van der Waals surface area contributed by atoms with Crippen LogP contribution in [0.15, 0.2) is 48.5 Å². The summed E-state index contributed by atoms with van der Waals surface area (Å²) in [6, 6.07) is 16.9. The van der Waals surface area contributed by atoms with E-state index in [-0.39, 0.29) is 0 Å². The Kier molecular flexibility index (Phi) is 3.81. The van der Waals surface area contributed by atoms with Crippen molar-refractivity contribution in [1.82, 2.24) is 0 Å². The van der Waals surface area contributed by atoms with Crippen LogP contribution in [0.5, 0.6) is 5.75 Å². The molecule has 1 heteroatoms. The van der Waals surface area contributed by atoms with Gasteiger partial charge in [0, 0.05) is 0 Å². The van der Waals surface area contributed by atoms with Crippen LogP contribution in [-0.4, -0.2) is 7.11 Å². The summed E-state index contributed by atoms with van der Waals surface area (Å²) in [7, 11) is 1.70. The van der Waals surface area contributed by atoms with Crippen LogP contribution in [0.25, 0.3) is 11.1 Å². The third-order valence-electron chi connectivity index (χ3n) is 2.90. The van der Waals surface area contributed by atoms with Gasteiger partial charge >= 0.3 is 0 Å². The van der Waals surface area contributed by atoms with Crippen molar-refractivity contribution in [3.05, 3.63) is 54.1 Å². The Morgan fingerprint density at radius 1 is 0.941 bits per heavy atom. The second-order valence-electron chi connectivity index (χ2n) is 4.18. The molecule has 0 fully saturated rings. The molecule has 0 N–H and O–H groups in total. The van der Waals surface area contributed by atoms with E-state index in [0.29, 0.717) is 0 Å².